The highest BCUT2D eigenvalue weighted by Crippen LogP contribution is 2.25. The second-order valence-corrected chi connectivity index (χ2v) is 7.08. The van der Waals surface area contributed by atoms with Crippen LogP contribution in [0.2, 0.25) is 0 Å². The molecular formula is C19H24N8O2. The van der Waals surface area contributed by atoms with Gasteiger partial charge in [0, 0.05) is 20.1 Å². The molecule has 0 fully saturated rings. The molecule has 152 valence electrons. The van der Waals surface area contributed by atoms with Crippen LogP contribution in [0.15, 0.2) is 21.7 Å². The summed E-state index contributed by atoms with van der Waals surface area (Å²) in [5.74, 6) is 1.65. The number of unbranched alkanes of at least 4 members (excludes halogenated alkanes) is 3. The summed E-state index contributed by atoms with van der Waals surface area (Å²) < 4.78 is 10.4. The topological polar surface area (TPSA) is 119 Å². The third-order valence-corrected chi connectivity index (χ3v) is 4.94. The Morgan fingerprint density at radius 2 is 1.48 bits per heavy atom. The summed E-state index contributed by atoms with van der Waals surface area (Å²) in [6, 6.07) is 0. The molecule has 4 rings (SSSR count). The molecule has 0 aliphatic carbocycles. The van der Waals surface area contributed by atoms with Crippen molar-refractivity contribution in [1.29, 1.82) is 0 Å². The van der Waals surface area contributed by atoms with Crippen molar-refractivity contribution in [2.24, 2.45) is 0 Å². The van der Waals surface area contributed by atoms with Gasteiger partial charge in [0.15, 0.2) is 0 Å². The number of nitrogens with zero attached hydrogens (tertiary/aromatic N) is 7. The quantitative estimate of drug-likeness (QED) is 0.422. The molecule has 0 aliphatic rings. The molecule has 0 amide bonds. The smallest absolute Gasteiger partial charge is 0.263 e. The van der Waals surface area contributed by atoms with Gasteiger partial charge in [-0.25, -0.2) is 9.97 Å². The van der Waals surface area contributed by atoms with E-state index in [-0.39, 0.29) is 0 Å². The first kappa shape index (κ1) is 19.0. The SMILES string of the molecule is Cc1noc2ncnc(NCCCCCCN(C)c3ncnc4onc(C)c34)c12. The normalized spacial score (nSPS) is 11.4. The summed E-state index contributed by atoms with van der Waals surface area (Å²) in [6.07, 6.45) is 7.41. The molecule has 0 saturated carbocycles. The van der Waals surface area contributed by atoms with Crippen LogP contribution in [0.3, 0.4) is 0 Å². The molecule has 4 aromatic heterocycles. The largest absolute Gasteiger partial charge is 0.369 e. The third kappa shape index (κ3) is 3.96. The first-order chi connectivity index (χ1) is 14.1. The molecule has 0 atom stereocenters. The number of fused-ring (bicyclic) bond motifs is 2. The fourth-order valence-electron chi connectivity index (χ4n) is 3.39. The second-order valence-electron chi connectivity index (χ2n) is 7.08. The van der Waals surface area contributed by atoms with Crippen molar-refractivity contribution in [3.8, 4) is 0 Å². The van der Waals surface area contributed by atoms with Gasteiger partial charge >= 0.3 is 0 Å². The highest BCUT2D eigenvalue weighted by Gasteiger charge is 2.15. The maximum absolute atomic E-state index is 5.22. The number of hydrogen-bond acceptors (Lipinski definition) is 10. The van der Waals surface area contributed by atoms with Crippen LogP contribution in [0.5, 0.6) is 0 Å². The van der Waals surface area contributed by atoms with Gasteiger partial charge in [-0.1, -0.05) is 23.2 Å². The molecule has 1 N–H and O–H groups in total. The van der Waals surface area contributed by atoms with Crippen LogP contribution in [0.1, 0.15) is 37.1 Å². The van der Waals surface area contributed by atoms with Crippen molar-refractivity contribution in [2.45, 2.75) is 39.5 Å². The molecule has 0 spiro atoms. The summed E-state index contributed by atoms with van der Waals surface area (Å²) in [5, 5.41) is 13.0. The molecular weight excluding hydrogens is 372 g/mol. The van der Waals surface area contributed by atoms with Gasteiger partial charge in [-0.2, -0.15) is 9.97 Å². The molecule has 10 nitrogen and oxygen atoms in total. The zero-order chi connectivity index (χ0) is 20.2. The van der Waals surface area contributed by atoms with Gasteiger partial charge in [0.1, 0.15) is 35.1 Å². The molecule has 0 unspecified atom stereocenters. The van der Waals surface area contributed by atoms with Crippen LogP contribution in [0.25, 0.3) is 22.2 Å². The molecule has 0 radical (unpaired) electrons. The van der Waals surface area contributed by atoms with E-state index in [0.717, 1.165) is 72.6 Å². The Labute approximate surface area is 167 Å². The molecule has 0 bridgehead atoms. The van der Waals surface area contributed by atoms with E-state index < -0.39 is 0 Å². The maximum Gasteiger partial charge on any atom is 0.263 e. The summed E-state index contributed by atoms with van der Waals surface area (Å²) >= 11 is 0. The molecule has 0 aromatic carbocycles. The number of hydrogen-bond donors (Lipinski definition) is 1. The van der Waals surface area contributed by atoms with Crippen LogP contribution in [0, 0.1) is 13.8 Å². The van der Waals surface area contributed by atoms with Crippen LogP contribution in [-0.4, -0.2) is 50.4 Å². The fraction of sp³-hybridized carbons (Fsp3) is 0.474. The summed E-state index contributed by atoms with van der Waals surface area (Å²) in [4.78, 5) is 19.1. The van der Waals surface area contributed by atoms with E-state index in [0.29, 0.717) is 11.4 Å². The first-order valence-corrected chi connectivity index (χ1v) is 9.74. The maximum atomic E-state index is 5.22. The summed E-state index contributed by atoms with van der Waals surface area (Å²) in [6.45, 7) is 5.56. The highest BCUT2D eigenvalue weighted by atomic mass is 16.5. The lowest BCUT2D eigenvalue weighted by Gasteiger charge is -2.18. The Bertz CT molecular complexity index is 1110. The van der Waals surface area contributed by atoms with Crippen molar-refractivity contribution in [3.05, 3.63) is 24.0 Å². The van der Waals surface area contributed by atoms with Gasteiger partial charge < -0.3 is 19.3 Å². The summed E-state index contributed by atoms with van der Waals surface area (Å²) in [5.41, 5.74) is 2.67. The minimum atomic E-state index is 0.518. The predicted octanol–water partition coefficient (Wildman–Crippen LogP) is 3.27. The lowest BCUT2D eigenvalue weighted by Crippen LogP contribution is -2.20. The van der Waals surface area contributed by atoms with Gasteiger partial charge in [-0.05, 0) is 26.7 Å². The Kier molecular flexibility index (Phi) is 5.50. The Morgan fingerprint density at radius 1 is 0.828 bits per heavy atom. The van der Waals surface area contributed by atoms with Crippen molar-refractivity contribution in [2.75, 3.05) is 30.4 Å². The Morgan fingerprint density at radius 3 is 2.28 bits per heavy atom. The number of aromatic nitrogens is 6. The zero-order valence-electron chi connectivity index (χ0n) is 16.8. The van der Waals surface area contributed by atoms with Gasteiger partial charge in [0.05, 0.1) is 11.4 Å². The molecule has 4 heterocycles. The molecule has 10 heteroatoms. The fourth-order valence-corrected chi connectivity index (χ4v) is 3.39. The van der Waals surface area contributed by atoms with E-state index in [4.69, 9.17) is 9.05 Å². The highest BCUT2D eigenvalue weighted by molar-refractivity contribution is 5.88. The number of aryl methyl sites for hydroxylation is 2. The van der Waals surface area contributed by atoms with Crippen LogP contribution < -0.4 is 10.2 Å². The number of rotatable bonds is 9. The van der Waals surface area contributed by atoms with E-state index >= 15 is 0 Å². The van der Waals surface area contributed by atoms with E-state index in [1.807, 2.05) is 20.9 Å². The molecule has 0 saturated heterocycles. The second kappa shape index (κ2) is 8.38. The molecule has 4 aromatic rings. The van der Waals surface area contributed by atoms with Gasteiger partial charge in [0.25, 0.3) is 11.4 Å². The van der Waals surface area contributed by atoms with E-state index in [1.165, 1.54) is 12.7 Å². The van der Waals surface area contributed by atoms with Crippen molar-refractivity contribution in [3.63, 3.8) is 0 Å². The average molecular weight is 396 g/mol. The van der Waals surface area contributed by atoms with E-state index in [2.05, 4.69) is 40.5 Å². The zero-order valence-corrected chi connectivity index (χ0v) is 16.8. The Balaban J connectivity index is 1.21. The van der Waals surface area contributed by atoms with Crippen molar-refractivity contribution in [1.82, 2.24) is 30.2 Å². The minimum Gasteiger partial charge on any atom is -0.369 e. The van der Waals surface area contributed by atoms with Gasteiger partial charge in [0.2, 0.25) is 0 Å². The van der Waals surface area contributed by atoms with Gasteiger partial charge in [-0.3, -0.25) is 0 Å². The first-order valence-electron chi connectivity index (χ1n) is 9.74. The van der Waals surface area contributed by atoms with Gasteiger partial charge in [-0.15, -0.1) is 0 Å². The van der Waals surface area contributed by atoms with E-state index in [9.17, 15) is 0 Å². The van der Waals surface area contributed by atoms with Crippen molar-refractivity contribution < 1.29 is 9.05 Å². The third-order valence-electron chi connectivity index (χ3n) is 4.94. The summed E-state index contributed by atoms with van der Waals surface area (Å²) in [7, 11) is 2.04. The lowest BCUT2D eigenvalue weighted by atomic mass is 10.2. The predicted molar refractivity (Wildman–Crippen MR) is 109 cm³/mol. The number of nitrogens with one attached hydrogen (secondary N) is 1. The molecule has 29 heavy (non-hydrogen) atoms. The van der Waals surface area contributed by atoms with Crippen LogP contribution in [-0.2, 0) is 0 Å². The standard InChI is InChI=1S/C19H24N8O2/c1-12-14-16(21-10-23-18(14)28-25-12)20-8-6-4-5-7-9-27(3)17-15-13(2)26-29-19(15)24-11-22-17/h10-11H,4-9H2,1-3H3,(H,20,21,23). The minimum absolute atomic E-state index is 0.518. The number of anilines is 2. The monoisotopic (exact) mass is 396 g/mol. The van der Waals surface area contributed by atoms with Crippen molar-refractivity contribution >= 4 is 33.8 Å². The molecule has 0 aliphatic heterocycles. The van der Waals surface area contributed by atoms with E-state index in [1.54, 1.807) is 0 Å². The Hall–Kier alpha value is -3.30. The van der Waals surface area contributed by atoms with Crippen LogP contribution >= 0.6 is 0 Å². The lowest BCUT2D eigenvalue weighted by molar-refractivity contribution is 0.442. The average Bonchev–Trinajstić information content (AvgIpc) is 3.30. The van der Waals surface area contributed by atoms with Crippen LogP contribution in [0.4, 0.5) is 11.6 Å².